The first-order valence-electron chi connectivity index (χ1n) is 2.99. The number of carbonyl (C=O) groups excluding carboxylic acids is 2. The van der Waals surface area contributed by atoms with Crippen molar-refractivity contribution in [2.75, 3.05) is 7.05 Å². The molecule has 1 aliphatic heterocycles. The second-order valence-corrected chi connectivity index (χ2v) is 2.33. The van der Waals surface area contributed by atoms with E-state index in [0.29, 0.717) is 5.01 Å². The first kappa shape index (κ1) is 8.98. The molecule has 7 heteroatoms. The summed E-state index contributed by atoms with van der Waals surface area (Å²) < 4.78 is 35.7. The quantitative estimate of drug-likeness (QED) is 0.512. The Morgan fingerprint density at radius 3 is 2.08 bits per heavy atom. The van der Waals surface area contributed by atoms with E-state index < -0.39 is 23.9 Å². The fourth-order valence-electron chi connectivity index (χ4n) is 0.822. The molecular weight excluding hydrogens is 177 g/mol. The van der Waals surface area contributed by atoms with E-state index in [-0.39, 0.29) is 0 Å². The molecule has 0 spiro atoms. The molecule has 1 fully saturated rings. The van der Waals surface area contributed by atoms with Crippen molar-refractivity contribution >= 4 is 11.7 Å². The van der Waals surface area contributed by atoms with Crippen molar-refractivity contribution in [1.82, 2.24) is 10.4 Å². The molecule has 0 saturated carbocycles. The Hall–Kier alpha value is -1.11. The molecule has 4 nitrogen and oxygen atoms in total. The second kappa shape index (κ2) is 2.44. The highest BCUT2D eigenvalue weighted by atomic mass is 19.4. The fourth-order valence-corrected chi connectivity index (χ4v) is 0.822. The number of ketones is 1. The van der Waals surface area contributed by atoms with Gasteiger partial charge < -0.3 is 0 Å². The molecule has 12 heavy (non-hydrogen) atoms. The van der Waals surface area contributed by atoms with Crippen LogP contribution in [0.2, 0.25) is 0 Å². The van der Waals surface area contributed by atoms with Crippen LogP contribution in [0, 0.1) is 0 Å². The molecule has 0 aromatic carbocycles. The zero-order valence-corrected chi connectivity index (χ0v) is 5.97. The summed E-state index contributed by atoms with van der Waals surface area (Å²) in [7, 11) is 1.06. The van der Waals surface area contributed by atoms with Crippen LogP contribution < -0.4 is 5.43 Å². The van der Waals surface area contributed by atoms with E-state index in [4.69, 9.17) is 0 Å². The second-order valence-electron chi connectivity index (χ2n) is 2.33. The number of rotatable bonds is 0. The molecule has 0 aliphatic carbocycles. The zero-order valence-electron chi connectivity index (χ0n) is 5.97. The van der Waals surface area contributed by atoms with E-state index in [1.54, 1.807) is 5.43 Å². The highest BCUT2D eigenvalue weighted by Crippen LogP contribution is 2.23. The number of likely N-dealkylation sites (N-methyl/N-ethyl adjacent to an activating group) is 1. The van der Waals surface area contributed by atoms with Gasteiger partial charge in [0.05, 0.1) is 0 Å². The largest absolute Gasteiger partial charge is 0.413 e. The number of nitrogens with zero attached hydrogens (tertiary/aromatic N) is 1. The molecule has 1 saturated heterocycles. The van der Waals surface area contributed by atoms with Gasteiger partial charge >= 0.3 is 12.1 Å². The number of carbonyl (C=O) groups is 2. The maximum absolute atomic E-state index is 11.9. The van der Waals surface area contributed by atoms with Crippen LogP contribution in [0.5, 0.6) is 0 Å². The van der Waals surface area contributed by atoms with Crippen molar-refractivity contribution in [1.29, 1.82) is 0 Å². The highest BCUT2D eigenvalue weighted by molar-refractivity contribution is 6.39. The van der Waals surface area contributed by atoms with Gasteiger partial charge in [0.25, 0.3) is 0 Å². The van der Waals surface area contributed by atoms with Gasteiger partial charge in [-0.2, -0.15) is 13.2 Å². The molecule has 0 aromatic rings. The van der Waals surface area contributed by atoms with E-state index in [0.717, 1.165) is 7.05 Å². The van der Waals surface area contributed by atoms with Gasteiger partial charge in [0, 0.05) is 7.05 Å². The number of halogens is 3. The van der Waals surface area contributed by atoms with E-state index in [1.165, 1.54) is 0 Å². The first-order valence-corrected chi connectivity index (χ1v) is 2.99. The monoisotopic (exact) mass is 182 g/mol. The van der Waals surface area contributed by atoms with Gasteiger partial charge in [-0.15, -0.1) is 0 Å². The summed E-state index contributed by atoms with van der Waals surface area (Å²) in [6, 6.07) is -2.38. The van der Waals surface area contributed by atoms with E-state index in [2.05, 4.69) is 0 Å². The average molecular weight is 182 g/mol. The number of hydrogen-bond donors (Lipinski definition) is 1. The number of hydrazine groups is 1. The Morgan fingerprint density at radius 2 is 1.92 bits per heavy atom. The van der Waals surface area contributed by atoms with Crippen molar-refractivity contribution in [2.45, 2.75) is 12.2 Å². The number of hydrogen-bond acceptors (Lipinski definition) is 3. The highest BCUT2D eigenvalue weighted by Gasteiger charge is 2.52. The summed E-state index contributed by atoms with van der Waals surface area (Å²) in [6.07, 6.45) is -4.71. The molecule has 0 aromatic heterocycles. The van der Waals surface area contributed by atoms with Crippen molar-refractivity contribution in [3.63, 3.8) is 0 Å². The van der Waals surface area contributed by atoms with E-state index in [9.17, 15) is 22.8 Å². The van der Waals surface area contributed by atoms with Gasteiger partial charge in [-0.1, -0.05) is 0 Å². The number of alkyl halides is 3. The molecule has 1 heterocycles. The lowest BCUT2D eigenvalue weighted by Gasteiger charge is -2.13. The Morgan fingerprint density at radius 1 is 1.42 bits per heavy atom. The fraction of sp³-hybridized carbons (Fsp3) is 0.600. The van der Waals surface area contributed by atoms with Crippen molar-refractivity contribution in [3.8, 4) is 0 Å². The normalized spacial score (nSPS) is 25.3. The van der Waals surface area contributed by atoms with E-state index >= 15 is 0 Å². The molecule has 1 amide bonds. The minimum absolute atomic E-state index is 0.528. The van der Waals surface area contributed by atoms with Crippen LogP contribution in [0.1, 0.15) is 0 Å². The Labute approximate surface area is 65.3 Å². The van der Waals surface area contributed by atoms with Gasteiger partial charge in [-0.05, 0) is 0 Å². The van der Waals surface area contributed by atoms with Crippen LogP contribution in [0.25, 0.3) is 0 Å². The van der Waals surface area contributed by atoms with Gasteiger partial charge in [0.2, 0.25) is 5.78 Å². The molecule has 0 bridgehead atoms. The summed E-state index contributed by atoms with van der Waals surface area (Å²) in [6.45, 7) is 0. The standard InChI is InChI=1S/C5H5F3N2O2/c1-10-4(12)2(11)3(9-10)5(6,7)8/h3,9H,1H3. The van der Waals surface area contributed by atoms with Crippen LogP contribution in [-0.4, -0.2) is 36.0 Å². The summed E-state index contributed by atoms with van der Waals surface area (Å²) >= 11 is 0. The van der Waals surface area contributed by atoms with Crippen molar-refractivity contribution in [2.24, 2.45) is 0 Å². The molecule has 0 radical (unpaired) electrons. The minimum atomic E-state index is -4.71. The summed E-state index contributed by atoms with van der Waals surface area (Å²) in [5, 5.41) is 0.528. The summed E-state index contributed by atoms with van der Waals surface area (Å²) in [5.41, 5.74) is 1.70. The molecule has 1 atom stereocenters. The maximum atomic E-state index is 11.9. The van der Waals surface area contributed by atoms with Crippen LogP contribution in [0.4, 0.5) is 13.2 Å². The summed E-state index contributed by atoms with van der Waals surface area (Å²) in [4.78, 5) is 21.2. The Balaban J connectivity index is 2.86. The molecular formula is C5H5F3N2O2. The third-order valence-electron chi connectivity index (χ3n) is 1.43. The lowest BCUT2D eigenvalue weighted by atomic mass is 10.2. The average Bonchev–Trinajstić information content (AvgIpc) is 2.15. The summed E-state index contributed by atoms with van der Waals surface area (Å²) in [5.74, 6) is -2.64. The lowest BCUT2D eigenvalue weighted by molar-refractivity contribution is -0.164. The number of Topliss-reactive ketones (excluding diaryl/α,β-unsaturated/α-hetero) is 1. The van der Waals surface area contributed by atoms with Crippen molar-refractivity contribution in [3.05, 3.63) is 0 Å². The number of nitrogens with one attached hydrogen (secondary N) is 1. The van der Waals surface area contributed by atoms with Crippen LogP contribution in [-0.2, 0) is 9.59 Å². The smallest absolute Gasteiger partial charge is 0.286 e. The van der Waals surface area contributed by atoms with Gasteiger partial charge in [0.1, 0.15) is 0 Å². The third-order valence-corrected chi connectivity index (χ3v) is 1.43. The predicted molar refractivity (Wildman–Crippen MR) is 30.8 cm³/mol. The lowest BCUT2D eigenvalue weighted by Crippen LogP contribution is -2.44. The predicted octanol–water partition coefficient (Wildman–Crippen LogP) is -0.537. The number of amides is 1. The molecule has 1 unspecified atom stereocenters. The molecule has 1 N–H and O–H groups in total. The molecule has 1 aliphatic rings. The first-order chi connectivity index (χ1) is 5.34. The van der Waals surface area contributed by atoms with Gasteiger partial charge in [-0.3, -0.25) is 14.6 Å². The molecule has 1 rings (SSSR count). The zero-order chi connectivity index (χ0) is 9.52. The third kappa shape index (κ3) is 1.27. The van der Waals surface area contributed by atoms with Crippen molar-refractivity contribution < 1.29 is 22.8 Å². The van der Waals surface area contributed by atoms with Crippen LogP contribution in [0.15, 0.2) is 0 Å². The Bertz CT molecular complexity index is 237. The van der Waals surface area contributed by atoms with Gasteiger partial charge in [-0.25, -0.2) is 5.43 Å². The molecule has 68 valence electrons. The SMILES string of the molecule is CN1NC(C(F)(F)F)C(=O)C1=O. The maximum Gasteiger partial charge on any atom is 0.413 e. The topological polar surface area (TPSA) is 49.4 Å². The van der Waals surface area contributed by atoms with Gasteiger partial charge in [0.15, 0.2) is 6.04 Å². The van der Waals surface area contributed by atoms with Crippen LogP contribution >= 0.6 is 0 Å². The van der Waals surface area contributed by atoms with E-state index in [1.807, 2.05) is 0 Å². The van der Waals surface area contributed by atoms with Crippen LogP contribution in [0.3, 0.4) is 0 Å². The minimum Gasteiger partial charge on any atom is -0.286 e. The Kier molecular flexibility index (Phi) is 1.83.